The number of nitrogens with zero attached hydrogens (tertiary/aromatic N) is 1. The predicted octanol–water partition coefficient (Wildman–Crippen LogP) is 4.86. The van der Waals surface area contributed by atoms with Crippen LogP contribution in [0.25, 0.3) is 6.08 Å². The van der Waals surface area contributed by atoms with Crippen LogP contribution in [0.3, 0.4) is 0 Å². The van der Waals surface area contributed by atoms with Crippen LogP contribution in [0.2, 0.25) is 0 Å². The van der Waals surface area contributed by atoms with E-state index in [9.17, 15) is 28.1 Å². The van der Waals surface area contributed by atoms with Gasteiger partial charge in [-0.1, -0.05) is 18.2 Å². The standard InChI is InChI=1S/C16H11F3N2O3S/c17-16(18,19)25-14-7-4-11(5-8-14)6-9-15(22)20-12-2-1-3-13(10-12)21(23)24/h1-10H,(H,20,22)/b9-6+. The Hall–Kier alpha value is -2.81. The molecule has 0 aliphatic carbocycles. The highest BCUT2D eigenvalue weighted by molar-refractivity contribution is 8.00. The second kappa shape index (κ2) is 7.84. The molecule has 130 valence electrons. The van der Waals surface area contributed by atoms with Crippen molar-refractivity contribution in [3.63, 3.8) is 0 Å². The van der Waals surface area contributed by atoms with E-state index < -0.39 is 16.3 Å². The molecule has 2 rings (SSSR count). The van der Waals surface area contributed by atoms with Gasteiger partial charge in [-0.2, -0.15) is 13.2 Å². The van der Waals surface area contributed by atoms with Crippen LogP contribution in [0.5, 0.6) is 0 Å². The first-order valence-corrected chi connectivity index (χ1v) is 7.64. The summed E-state index contributed by atoms with van der Waals surface area (Å²) in [6.45, 7) is 0. The van der Waals surface area contributed by atoms with E-state index in [0.29, 0.717) is 5.56 Å². The van der Waals surface area contributed by atoms with E-state index in [-0.39, 0.29) is 28.0 Å². The average Bonchev–Trinajstić information content (AvgIpc) is 2.53. The van der Waals surface area contributed by atoms with Gasteiger partial charge in [-0.3, -0.25) is 14.9 Å². The van der Waals surface area contributed by atoms with Gasteiger partial charge in [0.25, 0.3) is 5.69 Å². The molecule has 2 aromatic rings. The molecule has 5 nitrogen and oxygen atoms in total. The number of rotatable bonds is 5. The van der Waals surface area contributed by atoms with E-state index in [0.717, 1.165) is 0 Å². The zero-order valence-electron chi connectivity index (χ0n) is 12.5. The summed E-state index contributed by atoms with van der Waals surface area (Å²) in [5.74, 6) is -0.519. The molecule has 2 aromatic carbocycles. The van der Waals surface area contributed by atoms with Gasteiger partial charge in [0.1, 0.15) is 0 Å². The molecule has 0 aliphatic heterocycles. The van der Waals surface area contributed by atoms with Crippen LogP contribution in [-0.2, 0) is 4.79 Å². The molecule has 0 aromatic heterocycles. The molecule has 1 amide bonds. The van der Waals surface area contributed by atoms with E-state index in [4.69, 9.17) is 0 Å². The maximum absolute atomic E-state index is 12.2. The topological polar surface area (TPSA) is 72.2 Å². The highest BCUT2D eigenvalue weighted by Gasteiger charge is 2.28. The first kappa shape index (κ1) is 18.5. The Morgan fingerprint density at radius 3 is 2.44 bits per heavy atom. The summed E-state index contributed by atoms with van der Waals surface area (Å²) >= 11 is -0.219. The van der Waals surface area contributed by atoms with Gasteiger partial charge < -0.3 is 5.32 Å². The molecule has 0 heterocycles. The number of nitro benzene ring substituents is 1. The number of hydrogen-bond acceptors (Lipinski definition) is 4. The number of thioether (sulfide) groups is 1. The summed E-state index contributed by atoms with van der Waals surface area (Å²) in [5.41, 5.74) is -3.70. The van der Waals surface area contributed by atoms with Crippen LogP contribution in [0.4, 0.5) is 24.5 Å². The van der Waals surface area contributed by atoms with Crippen LogP contribution >= 0.6 is 11.8 Å². The molecule has 0 bridgehead atoms. The average molecular weight is 368 g/mol. The van der Waals surface area contributed by atoms with Gasteiger partial charge in [0.15, 0.2) is 0 Å². The third kappa shape index (κ3) is 6.30. The summed E-state index contributed by atoms with van der Waals surface area (Å²) in [6, 6.07) is 11.0. The minimum absolute atomic E-state index is 0.0469. The van der Waals surface area contributed by atoms with Crippen molar-refractivity contribution < 1.29 is 22.9 Å². The zero-order chi connectivity index (χ0) is 18.4. The first-order valence-electron chi connectivity index (χ1n) is 6.82. The van der Waals surface area contributed by atoms with E-state index in [2.05, 4.69) is 5.32 Å². The minimum Gasteiger partial charge on any atom is -0.322 e. The highest BCUT2D eigenvalue weighted by atomic mass is 32.2. The Balaban J connectivity index is 1.98. The number of nitro groups is 1. The lowest BCUT2D eigenvalue weighted by atomic mass is 10.2. The molecular formula is C16H11F3N2O3S. The molecule has 25 heavy (non-hydrogen) atoms. The van der Waals surface area contributed by atoms with Crippen molar-refractivity contribution in [2.75, 3.05) is 5.32 Å². The fourth-order valence-corrected chi connectivity index (χ4v) is 2.37. The van der Waals surface area contributed by atoms with Gasteiger partial charge in [0, 0.05) is 28.8 Å². The number of anilines is 1. The summed E-state index contributed by atoms with van der Waals surface area (Å²) in [5, 5.41) is 13.1. The second-order valence-corrected chi connectivity index (χ2v) is 5.89. The fraction of sp³-hybridized carbons (Fsp3) is 0.0625. The number of non-ortho nitro benzene ring substituents is 1. The second-order valence-electron chi connectivity index (χ2n) is 4.75. The molecule has 0 saturated carbocycles. The number of hydrogen-bond donors (Lipinski definition) is 1. The molecule has 0 saturated heterocycles. The summed E-state index contributed by atoms with van der Waals surface area (Å²) in [6.07, 6.45) is 2.61. The molecule has 0 spiro atoms. The van der Waals surface area contributed by atoms with Crippen LogP contribution in [0, 0.1) is 10.1 Å². The van der Waals surface area contributed by atoms with Crippen LogP contribution in [-0.4, -0.2) is 16.3 Å². The van der Waals surface area contributed by atoms with Crippen molar-refractivity contribution in [1.82, 2.24) is 0 Å². The molecule has 0 atom stereocenters. The van der Waals surface area contributed by atoms with Gasteiger partial charge >= 0.3 is 5.51 Å². The smallest absolute Gasteiger partial charge is 0.322 e. The number of halogens is 3. The van der Waals surface area contributed by atoms with Gasteiger partial charge in [0.2, 0.25) is 5.91 Å². The molecule has 0 aliphatic rings. The lowest BCUT2D eigenvalue weighted by Crippen LogP contribution is -2.07. The van der Waals surface area contributed by atoms with Crippen LogP contribution in [0.1, 0.15) is 5.56 Å². The van der Waals surface area contributed by atoms with Crippen molar-refractivity contribution in [3.05, 3.63) is 70.3 Å². The normalized spacial score (nSPS) is 11.5. The van der Waals surface area contributed by atoms with E-state index in [1.54, 1.807) is 0 Å². The minimum atomic E-state index is -4.35. The van der Waals surface area contributed by atoms with E-state index in [1.165, 1.54) is 60.7 Å². The lowest BCUT2D eigenvalue weighted by molar-refractivity contribution is -0.384. The molecule has 1 N–H and O–H groups in total. The maximum atomic E-state index is 12.2. The maximum Gasteiger partial charge on any atom is 0.446 e. The Morgan fingerprint density at radius 2 is 1.84 bits per heavy atom. The Labute approximate surface area is 144 Å². The Morgan fingerprint density at radius 1 is 1.16 bits per heavy atom. The Kier molecular flexibility index (Phi) is 5.81. The third-order valence-electron chi connectivity index (χ3n) is 2.87. The molecule has 0 radical (unpaired) electrons. The van der Waals surface area contributed by atoms with Crippen molar-refractivity contribution in [1.29, 1.82) is 0 Å². The van der Waals surface area contributed by atoms with Crippen LogP contribution < -0.4 is 5.32 Å². The first-order chi connectivity index (χ1) is 11.7. The lowest BCUT2D eigenvalue weighted by Gasteiger charge is -2.05. The van der Waals surface area contributed by atoms with Crippen molar-refractivity contribution in [2.45, 2.75) is 10.4 Å². The molecule has 0 unspecified atom stereocenters. The fourth-order valence-electron chi connectivity index (χ4n) is 1.83. The van der Waals surface area contributed by atoms with Gasteiger partial charge in [0.05, 0.1) is 4.92 Å². The number of nitrogens with one attached hydrogen (secondary N) is 1. The monoisotopic (exact) mass is 368 g/mol. The summed E-state index contributed by atoms with van der Waals surface area (Å²) < 4.78 is 36.7. The molecule has 0 fully saturated rings. The summed E-state index contributed by atoms with van der Waals surface area (Å²) in [7, 11) is 0. The van der Waals surface area contributed by atoms with Crippen molar-refractivity contribution in [2.24, 2.45) is 0 Å². The molecule has 9 heteroatoms. The SMILES string of the molecule is O=C(/C=C/c1ccc(SC(F)(F)F)cc1)Nc1cccc([N+](=O)[O-])c1. The van der Waals surface area contributed by atoms with E-state index >= 15 is 0 Å². The van der Waals surface area contributed by atoms with Gasteiger partial charge in [-0.05, 0) is 41.6 Å². The van der Waals surface area contributed by atoms with Crippen LogP contribution in [0.15, 0.2) is 59.5 Å². The predicted molar refractivity (Wildman–Crippen MR) is 89.1 cm³/mol. The third-order valence-corrected chi connectivity index (χ3v) is 3.60. The largest absolute Gasteiger partial charge is 0.446 e. The number of alkyl halides is 3. The van der Waals surface area contributed by atoms with E-state index in [1.807, 2.05) is 0 Å². The summed E-state index contributed by atoms with van der Waals surface area (Å²) in [4.78, 5) is 21.9. The number of benzene rings is 2. The van der Waals surface area contributed by atoms with Gasteiger partial charge in [-0.25, -0.2) is 0 Å². The number of amides is 1. The van der Waals surface area contributed by atoms with Gasteiger partial charge in [-0.15, -0.1) is 0 Å². The Bertz CT molecular complexity index is 805. The molecular weight excluding hydrogens is 357 g/mol. The highest BCUT2D eigenvalue weighted by Crippen LogP contribution is 2.36. The zero-order valence-corrected chi connectivity index (χ0v) is 13.3. The number of carbonyl (C=O) groups is 1. The quantitative estimate of drug-likeness (QED) is 0.354. The van der Waals surface area contributed by atoms with Crippen molar-refractivity contribution in [3.8, 4) is 0 Å². The van der Waals surface area contributed by atoms with Crippen molar-refractivity contribution >= 4 is 35.1 Å². The number of carbonyl (C=O) groups excluding carboxylic acids is 1.